The maximum Gasteiger partial charge on any atom is 0.183 e. The first-order valence-corrected chi connectivity index (χ1v) is 10.5. The van der Waals surface area contributed by atoms with Crippen molar-refractivity contribution in [2.75, 3.05) is 13.1 Å². The molecule has 2 aliphatic rings. The molecule has 0 amide bonds. The van der Waals surface area contributed by atoms with E-state index in [1.807, 2.05) is 51.0 Å². The molecule has 0 N–H and O–H groups in total. The van der Waals surface area contributed by atoms with Crippen LogP contribution in [0.1, 0.15) is 17.0 Å². The van der Waals surface area contributed by atoms with Crippen molar-refractivity contribution in [2.45, 2.75) is 22.6 Å². The van der Waals surface area contributed by atoms with Crippen LogP contribution in [0.5, 0.6) is 0 Å². The first kappa shape index (κ1) is 16.7. The minimum absolute atomic E-state index is 0.0262. The van der Waals surface area contributed by atoms with Crippen molar-refractivity contribution < 1.29 is 8.42 Å². The molecule has 1 aromatic carbocycles. The van der Waals surface area contributed by atoms with Crippen LogP contribution in [-0.4, -0.2) is 51.2 Å². The summed E-state index contributed by atoms with van der Waals surface area (Å²) in [5.74, 6) is 0.0262. The number of sulfone groups is 1. The van der Waals surface area contributed by atoms with Crippen LogP contribution in [0.25, 0.3) is 11.1 Å². The van der Waals surface area contributed by atoms with Crippen molar-refractivity contribution in [3.8, 4) is 11.1 Å². The summed E-state index contributed by atoms with van der Waals surface area (Å²) in [4.78, 5) is 2.73. The van der Waals surface area contributed by atoms with Gasteiger partial charge in [0.05, 0.1) is 22.5 Å². The molecule has 2 aromatic heterocycles. The highest BCUT2D eigenvalue weighted by Crippen LogP contribution is 2.46. The number of likely N-dealkylation sites (tertiary alicyclic amines) is 1. The van der Waals surface area contributed by atoms with E-state index < -0.39 is 9.84 Å². The van der Waals surface area contributed by atoms with E-state index in [1.54, 1.807) is 15.4 Å². The fourth-order valence-corrected chi connectivity index (χ4v) is 6.61. The summed E-state index contributed by atoms with van der Waals surface area (Å²) in [6.45, 7) is 2.05. The van der Waals surface area contributed by atoms with E-state index in [2.05, 4.69) is 15.1 Å². The lowest BCUT2D eigenvalue weighted by Crippen LogP contribution is -2.25. The Labute approximate surface area is 158 Å². The van der Waals surface area contributed by atoms with Gasteiger partial charge in [-0.05, 0) is 23.3 Å². The minimum atomic E-state index is -3.28. The number of fused-ring (bicyclic) bond motifs is 3. The maximum absolute atomic E-state index is 13.1. The van der Waals surface area contributed by atoms with E-state index in [0.29, 0.717) is 11.4 Å². The zero-order chi connectivity index (χ0) is 18.8. The summed E-state index contributed by atoms with van der Waals surface area (Å²) in [5, 5.41) is 8.08. The number of rotatable bonds is 3. The molecule has 4 heterocycles. The topological polar surface area (TPSA) is 73.0 Å². The van der Waals surface area contributed by atoms with Crippen molar-refractivity contribution >= 4 is 9.84 Å². The van der Waals surface area contributed by atoms with Gasteiger partial charge in [0.25, 0.3) is 0 Å². The van der Waals surface area contributed by atoms with Gasteiger partial charge in [-0.1, -0.05) is 6.07 Å². The molecule has 0 radical (unpaired) electrons. The molecule has 3 aromatic rings. The van der Waals surface area contributed by atoms with E-state index in [0.717, 1.165) is 35.3 Å². The predicted octanol–water partition coefficient (Wildman–Crippen LogP) is 1.58. The van der Waals surface area contributed by atoms with Crippen LogP contribution in [0.2, 0.25) is 0 Å². The molecule has 140 valence electrons. The summed E-state index contributed by atoms with van der Waals surface area (Å²) < 4.78 is 29.7. The normalized spacial score (nSPS) is 23.5. The van der Waals surface area contributed by atoms with Gasteiger partial charge in [-0.25, -0.2) is 8.42 Å². The molecule has 8 heteroatoms. The fraction of sp³-hybridized carbons (Fsp3) is 0.368. The third kappa shape index (κ3) is 2.62. The average molecular weight is 383 g/mol. The van der Waals surface area contributed by atoms with Gasteiger partial charge in [0.1, 0.15) is 0 Å². The van der Waals surface area contributed by atoms with E-state index in [4.69, 9.17) is 0 Å². The molecule has 1 saturated heterocycles. The van der Waals surface area contributed by atoms with Crippen LogP contribution in [0.4, 0.5) is 0 Å². The Hall–Kier alpha value is -2.45. The molecule has 0 saturated carbocycles. The Morgan fingerprint density at radius 3 is 2.52 bits per heavy atom. The van der Waals surface area contributed by atoms with Crippen LogP contribution in [-0.2, 0) is 30.5 Å². The molecular weight excluding hydrogens is 362 g/mol. The van der Waals surface area contributed by atoms with Crippen LogP contribution in [0, 0.1) is 0 Å². The van der Waals surface area contributed by atoms with Crippen molar-refractivity contribution in [1.29, 1.82) is 0 Å². The lowest BCUT2D eigenvalue weighted by molar-refractivity contribution is 0.325. The van der Waals surface area contributed by atoms with Crippen molar-refractivity contribution in [2.24, 2.45) is 14.1 Å². The van der Waals surface area contributed by atoms with Gasteiger partial charge in [0.2, 0.25) is 0 Å². The largest absolute Gasteiger partial charge is 0.297 e. The van der Waals surface area contributed by atoms with Crippen molar-refractivity contribution in [3.05, 3.63) is 54.1 Å². The molecule has 27 heavy (non-hydrogen) atoms. The molecule has 7 nitrogen and oxygen atoms in total. The van der Waals surface area contributed by atoms with Gasteiger partial charge in [0.15, 0.2) is 9.84 Å². The van der Waals surface area contributed by atoms with Gasteiger partial charge in [-0.3, -0.25) is 14.3 Å². The Morgan fingerprint density at radius 2 is 1.81 bits per heavy atom. The van der Waals surface area contributed by atoms with Crippen LogP contribution in [0.3, 0.4) is 0 Å². The first-order valence-electron chi connectivity index (χ1n) is 8.98. The van der Waals surface area contributed by atoms with E-state index in [1.165, 1.54) is 0 Å². The van der Waals surface area contributed by atoms with Crippen LogP contribution in [0.15, 0.2) is 47.9 Å². The molecule has 0 bridgehead atoms. The molecule has 2 aliphatic heterocycles. The Balaban J connectivity index is 1.48. The highest BCUT2D eigenvalue weighted by molar-refractivity contribution is 7.92. The van der Waals surface area contributed by atoms with E-state index >= 15 is 0 Å². The molecule has 0 aliphatic carbocycles. The minimum Gasteiger partial charge on any atom is -0.297 e. The second-order valence-electron chi connectivity index (χ2n) is 7.56. The van der Waals surface area contributed by atoms with Crippen LogP contribution < -0.4 is 0 Å². The molecule has 5 rings (SSSR count). The summed E-state index contributed by atoms with van der Waals surface area (Å²) in [6.07, 6.45) is 7.59. The molecule has 0 unspecified atom stereocenters. The monoisotopic (exact) mass is 383 g/mol. The van der Waals surface area contributed by atoms with Gasteiger partial charge >= 0.3 is 0 Å². The van der Waals surface area contributed by atoms with E-state index in [9.17, 15) is 8.42 Å². The molecule has 0 spiro atoms. The number of hydrogen-bond donors (Lipinski definition) is 0. The lowest BCUT2D eigenvalue weighted by atomic mass is 9.95. The Bertz CT molecular complexity index is 1130. The van der Waals surface area contributed by atoms with Crippen molar-refractivity contribution in [3.63, 3.8) is 0 Å². The Morgan fingerprint density at radius 1 is 1.04 bits per heavy atom. The standard InChI is InChI=1S/C19H21N5O2S/c1-22-8-13(6-20-22)9-24-11-17-16-5-14(15-7-21-23(2)10-15)3-4-18(16)27(25,26)19(17)12-24/h3-8,10,17,19H,9,11-12H2,1-2H3/t17-,19+/m1/s1. The van der Waals surface area contributed by atoms with Gasteiger partial charge < -0.3 is 0 Å². The summed E-state index contributed by atoms with van der Waals surface area (Å²) in [6, 6.07) is 5.71. The van der Waals surface area contributed by atoms with Gasteiger partial charge in [-0.15, -0.1) is 0 Å². The molecule has 2 atom stereocenters. The smallest absolute Gasteiger partial charge is 0.183 e. The maximum atomic E-state index is 13.1. The summed E-state index contributed by atoms with van der Waals surface area (Å²) >= 11 is 0. The quantitative estimate of drug-likeness (QED) is 0.687. The highest BCUT2D eigenvalue weighted by atomic mass is 32.2. The SMILES string of the molecule is Cn1cc(CN2C[C@@H]3c4cc(-c5cnn(C)c5)ccc4S(=O)(=O)[C@H]3C2)cn1. The van der Waals surface area contributed by atoms with Crippen LogP contribution >= 0.6 is 0 Å². The average Bonchev–Trinajstić information content (AvgIpc) is 3.37. The van der Waals surface area contributed by atoms with Gasteiger partial charge in [0, 0.05) is 63.2 Å². The summed E-state index contributed by atoms with van der Waals surface area (Å²) in [5.41, 5.74) is 4.09. The Kier molecular flexibility index (Phi) is 3.57. The number of aryl methyl sites for hydroxylation is 2. The summed E-state index contributed by atoms with van der Waals surface area (Å²) in [7, 11) is 0.491. The number of aromatic nitrogens is 4. The lowest BCUT2D eigenvalue weighted by Gasteiger charge is -2.16. The van der Waals surface area contributed by atoms with E-state index in [-0.39, 0.29) is 11.2 Å². The molecular formula is C19H21N5O2S. The third-order valence-electron chi connectivity index (χ3n) is 5.66. The predicted molar refractivity (Wildman–Crippen MR) is 101 cm³/mol. The fourth-order valence-electron chi connectivity index (χ4n) is 4.42. The second kappa shape index (κ2) is 5.77. The first-order chi connectivity index (χ1) is 12.9. The third-order valence-corrected chi connectivity index (χ3v) is 7.92. The zero-order valence-electron chi connectivity index (χ0n) is 15.3. The number of benzene rings is 1. The van der Waals surface area contributed by atoms with Gasteiger partial charge in [-0.2, -0.15) is 10.2 Å². The van der Waals surface area contributed by atoms with Crippen molar-refractivity contribution in [1.82, 2.24) is 24.5 Å². The number of hydrogen-bond acceptors (Lipinski definition) is 5. The number of nitrogens with zero attached hydrogens (tertiary/aromatic N) is 5. The molecule has 1 fully saturated rings. The highest BCUT2D eigenvalue weighted by Gasteiger charge is 2.50. The second-order valence-corrected chi connectivity index (χ2v) is 9.70. The zero-order valence-corrected chi connectivity index (χ0v) is 16.1.